The number of hydrogen-bond acceptors (Lipinski definition) is 5. The maximum atomic E-state index is 13.9. The van der Waals surface area contributed by atoms with E-state index in [0.717, 1.165) is 16.7 Å². The first kappa shape index (κ1) is 22.5. The highest BCUT2D eigenvalue weighted by Gasteiger charge is 2.15. The Bertz CT molecular complexity index is 1300. The van der Waals surface area contributed by atoms with E-state index in [-0.39, 0.29) is 19.6 Å². The summed E-state index contributed by atoms with van der Waals surface area (Å²) in [6, 6.07) is 15.9. The summed E-state index contributed by atoms with van der Waals surface area (Å²) in [5.74, 6) is -0.570. The largest absolute Gasteiger partial charge is 0.489 e. The van der Waals surface area contributed by atoms with Gasteiger partial charge in [0.25, 0.3) is 6.01 Å². The molecule has 33 heavy (non-hydrogen) atoms. The average Bonchev–Trinajstić information content (AvgIpc) is 3.18. The molecule has 0 saturated carbocycles. The maximum Gasteiger partial charge on any atom is 0.310 e. The molecule has 0 atom stereocenters. The SMILES string of the molecule is CCOC(=O)Cc1cc(F)ccc1OCc1cc(-c2cccc(CN)c2)c2oc(F)cc2c1. The van der Waals surface area contributed by atoms with Crippen molar-refractivity contribution in [1.29, 1.82) is 0 Å². The van der Waals surface area contributed by atoms with E-state index in [1.807, 2.05) is 30.3 Å². The highest BCUT2D eigenvalue weighted by Crippen LogP contribution is 2.33. The molecule has 1 aromatic heterocycles. The fourth-order valence-corrected chi connectivity index (χ4v) is 3.70. The van der Waals surface area contributed by atoms with Crippen molar-refractivity contribution in [3.8, 4) is 16.9 Å². The predicted molar refractivity (Wildman–Crippen MR) is 121 cm³/mol. The fraction of sp³-hybridized carbons (Fsp3) is 0.192. The lowest BCUT2D eigenvalue weighted by Gasteiger charge is -2.13. The normalized spacial score (nSPS) is 11.0. The molecular weight excluding hydrogens is 428 g/mol. The Morgan fingerprint density at radius 1 is 1.03 bits per heavy atom. The average molecular weight is 451 g/mol. The Morgan fingerprint density at radius 3 is 2.67 bits per heavy atom. The Balaban J connectivity index is 1.66. The second-order valence-electron chi connectivity index (χ2n) is 7.54. The monoisotopic (exact) mass is 451 g/mol. The predicted octanol–water partition coefficient (Wildman–Crippen LogP) is 5.52. The van der Waals surface area contributed by atoms with Crippen molar-refractivity contribution in [1.82, 2.24) is 0 Å². The van der Waals surface area contributed by atoms with Crippen LogP contribution in [0.25, 0.3) is 22.1 Å². The fourth-order valence-electron chi connectivity index (χ4n) is 3.70. The summed E-state index contributed by atoms with van der Waals surface area (Å²) in [4.78, 5) is 11.9. The number of esters is 1. The third-order valence-corrected chi connectivity index (χ3v) is 5.18. The van der Waals surface area contributed by atoms with Gasteiger partial charge >= 0.3 is 5.97 Å². The van der Waals surface area contributed by atoms with E-state index in [4.69, 9.17) is 19.6 Å². The number of carbonyl (C=O) groups excluding carboxylic acids is 1. The number of furan rings is 1. The van der Waals surface area contributed by atoms with Crippen molar-refractivity contribution < 1.29 is 27.5 Å². The van der Waals surface area contributed by atoms with E-state index < -0.39 is 17.8 Å². The highest BCUT2D eigenvalue weighted by atomic mass is 19.1. The first-order valence-corrected chi connectivity index (χ1v) is 10.5. The number of rotatable bonds is 8. The quantitative estimate of drug-likeness (QED) is 0.357. The van der Waals surface area contributed by atoms with Crippen LogP contribution in [-0.4, -0.2) is 12.6 Å². The second kappa shape index (κ2) is 9.83. The molecule has 0 aliphatic carbocycles. The first-order valence-electron chi connectivity index (χ1n) is 10.5. The van der Waals surface area contributed by atoms with E-state index in [9.17, 15) is 13.6 Å². The Hall–Kier alpha value is -3.71. The zero-order valence-corrected chi connectivity index (χ0v) is 18.1. The molecule has 0 spiro atoms. The van der Waals surface area contributed by atoms with Crippen molar-refractivity contribution in [3.05, 3.63) is 89.2 Å². The first-order chi connectivity index (χ1) is 16.0. The number of fused-ring (bicyclic) bond motifs is 1. The van der Waals surface area contributed by atoms with Crippen LogP contribution < -0.4 is 10.5 Å². The van der Waals surface area contributed by atoms with Gasteiger partial charge in [-0.15, -0.1) is 0 Å². The molecule has 5 nitrogen and oxygen atoms in total. The summed E-state index contributed by atoms with van der Waals surface area (Å²) >= 11 is 0. The van der Waals surface area contributed by atoms with Crippen molar-refractivity contribution in [3.63, 3.8) is 0 Å². The molecule has 2 N–H and O–H groups in total. The van der Waals surface area contributed by atoms with Crippen molar-refractivity contribution in [2.24, 2.45) is 5.73 Å². The van der Waals surface area contributed by atoms with Crippen LogP contribution >= 0.6 is 0 Å². The standard InChI is InChI=1S/C26H23F2NO4/c1-2-31-25(30)13-19-11-21(27)6-7-23(19)32-15-17-9-20-12-24(28)33-26(20)22(10-17)18-5-3-4-16(8-18)14-29/h3-12H,2,13-15,29H2,1H3. The number of carbonyl (C=O) groups is 1. The number of nitrogens with two attached hydrogens (primary N) is 1. The Morgan fingerprint density at radius 2 is 1.88 bits per heavy atom. The minimum atomic E-state index is -0.686. The minimum Gasteiger partial charge on any atom is -0.489 e. The molecule has 3 aromatic carbocycles. The van der Waals surface area contributed by atoms with Gasteiger partial charge in [-0.1, -0.05) is 18.2 Å². The molecule has 0 saturated heterocycles. The van der Waals surface area contributed by atoms with Gasteiger partial charge in [0.05, 0.1) is 13.0 Å². The summed E-state index contributed by atoms with van der Waals surface area (Å²) in [5.41, 5.74) is 9.81. The number of ether oxygens (including phenoxy) is 2. The van der Waals surface area contributed by atoms with Crippen LogP contribution in [0.15, 0.2) is 65.1 Å². The van der Waals surface area contributed by atoms with Crippen LogP contribution in [-0.2, 0) is 29.1 Å². The van der Waals surface area contributed by atoms with E-state index in [1.165, 1.54) is 24.3 Å². The van der Waals surface area contributed by atoms with Crippen LogP contribution in [0, 0.1) is 11.8 Å². The van der Waals surface area contributed by atoms with Gasteiger partial charge in [-0.3, -0.25) is 4.79 Å². The summed E-state index contributed by atoms with van der Waals surface area (Å²) in [6.07, 6.45) is -0.107. The summed E-state index contributed by atoms with van der Waals surface area (Å²) < 4.78 is 43.9. The van der Waals surface area contributed by atoms with Gasteiger partial charge < -0.3 is 19.6 Å². The van der Waals surface area contributed by atoms with Crippen LogP contribution in [0.3, 0.4) is 0 Å². The molecule has 0 radical (unpaired) electrons. The zero-order chi connectivity index (χ0) is 23.4. The van der Waals surface area contributed by atoms with Gasteiger partial charge in [0.1, 0.15) is 23.8 Å². The number of halogens is 2. The minimum absolute atomic E-state index is 0.107. The summed E-state index contributed by atoms with van der Waals surface area (Å²) in [6.45, 7) is 2.43. The number of benzene rings is 3. The number of hydrogen-bond donors (Lipinski definition) is 1. The summed E-state index contributed by atoms with van der Waals surface area (Å²) in [5, 5.41) is 0.590. The third kappa shape index (κ3) is 5.21. The van der Waals surface area contributed by atoms with Crippen molar-refractivity contribution in [2.45, 2.75) is 26.5 Å². The van der Waals surface area contributed by atoms with Gasteiger partial charge in [0, 0.05) is 29.1 Å². The Kier molecular flexibility index (Phi) is 6.70. The van der Waals surface area contributed by atoms with Gasteiger partial charge in [-0.25, -0.2) is 4.39 Å². The molecule has 4 rings (SSSR count). The van der Waals surface area contributed by atoms with E-state index in [0.29, 0.717) is 34.4 Å². The van der Waals surface area contributed by atoms with Gasteiger partial charge in [-0.05, 0) is 60.0 Å². The molecule has 0 amide bonds. The van der Waals surface area contributed by atoms with Crippen LogP contribution in [0.1, 0.15) is 23.6 Å². The van der Waals surface area contributed by atoms with Crippen LogP contribution in [0.4, 0.5) is 8.78 Å². The molecule has 0 unspecified atom stereocenters. The molecule has 170 valence electrons. The van der Waals surface area contributed by atoms with Crippen molar-refractivity contribution in [2.75, 3.05) is 6.61 Å². The lowest BCUT2D eigenvalue weighted by atomic mass is 9.99. The summed E-state index contributed by atoms with van der Waals surface area (Å²) in [7, 11) is 0. The maximum absolute atomic E-state index is 13.9. The lowest BCUT2D eigenvalue weighted by Crippen LogP contribution is -2.09. The van der Waals surface area contributed by atoms with E-state index >= 15 is 0 Å². The van der Waals surface area contributed by atoms with Crippen molar-refractivity contribution >= 4 is 16.9 Å². The second-order valence-corrected chi connectivity index (χ2v) is 7.54. The Labute approximate surface area is 189 Å². The van der Waals surface area contributed by atoms with Crippen LogP contribution in [0.5, 0.6) is 5.75 Å². The molecule has 0 aliphatic rings. The molecule has 7 heteroatoms. The third-order valence-electron chi connectivity index (χ3n) is 5.18. The molecule has 0 fully saturated rings. The topological polar surface area (TPSA) is 74.7 Å². The van der Waals surface area contributed by atoms with E-state index in [1.54, 1.807) is 13.0 Å². The smallest absolute Gasteiger partial charge is 0.310 e. The lowest BCUT2D eigenvalue weighted by molar-refractivity contribution is -0.142. The van der Waals surface area contributed by atoms with Gasteiger partial charge in [0.2, 0.25) is 0 Å². The molecular formula is C26H23F2NO4. The van der Waals surface area contributed by atoms with E-state index in [2.05, 4.69) is 0 Å². The molecule has 4 aromatic rings. The molecule has 0 bridgehead atoms. The van der Waals surface area contributed by atoms with Crippen LogP contribution in [0.2, 0.25) is 0 Å². The molecule has 0 aliphatic heterocycles. The zero-order valence-electron chi connectivity index (χ0n) is 18.1. The molecule has 1 heterocycles. The highest BCUT2D eigenvalue weighted by molar-refractivity contribution is 5.93. The van der Waals surface area contributed by atoms with Gasteiger partial charge in [0.15, 0.2) is 0 Å². The van der Waals surface area contributed by atoms with Gasteiger partial charge in [-0.2, -0.15) is 4.39 Å².